The first kappa shape index (κ1) is 12.3. The number of rotatable bonds is 2. The van der Waals surface area contributed by atoms with Crippen LogP contribution < -0.4 is 5.32 Å². The van der Waals surface area contributed by atoms with Crippen molar-refractivity contribution < 1.29 is 0 Å². The van der Waals surface area contributed by atoms with E-state index in [-0.39, 0.29) is 0 Å². The molecule has 0 aromatic heterocycles. The molecule has 0 amide bonds. The molecule has 1 aliphatic heterocycles. The van der Waals surface area contributed by atoms with Gasteiger partial charge in [0.25, 0.3) is 0 Å². The van der Waals surface area contributed by atoms with E-state index < -0.39 is 0 Å². The largest absolute Gasteiger partial charge is 0.381 e. The topological polar surface area (TPSA) is 12.0 Å². The van der Waals surface area contributed by atoms with Gasteiger partial charge in [0.1, 0.15) is 0 Å². The van der Waals surface area contributed by atoms with Gasteiger partial charge in [-0.3, -0.25) is 0 Å². The second-order valence-electron chi connectivity index (χ2n) is 5.44. The third-order valence-corrected chi connectivity index (χ3v) is 3.95. The fourth-order valence-electron chi connectivity index (χ4n) is 2.74. The van der Waals surface area contributed by atoms with E-state index >= 15 is 0 Å². The lowest BCUT2D eigenvalue weighted by molar-refractivity contribution is 0.830. The van der Waals surface area contributed by atoms with Gasteiger partial charge >= 0.3 is 0 Å². The summed E-state index contributed by atoms with van der Waals surface area (Å²) in [5, 5.41) is 3.51. The average molecular weight is 251 g/mol. The molecule has 1 N–H and O–H groups in total. The van der Waals surface area contributed by atoms with Crippen LogP contribution in [0.1, 0.15) is 32.6 Å². The summed E-state index contributed by atoms with van der Waals surface area (Å²) in [6, 6.07) is 0. The van der Waals surface area contributed by atoms with Gasteiger partial charge in [-0.15, -0.1) is 0 Å². The quantitative estimate of drug-likeness (QED) is 0.769. The van der Waals surface area contributed by atoms with Crippen LogP contribution in [0, 0.1) is 0 Å². The zero-order valence-electron chi connectivity index (χ0n) is 11.6. The smallest absolute Gasteiger partial charge is 0.0381 e. The van der Waals surface area contributed by atoms with E-state index in [1.165, 1.54) is 47.3 Å². The summed E-state index contributed by atoms with van der Waals surface area (Å²) >= 11 is 0. The molecule has 0 saturated heterocycles. The number of hydrogen-bond acceptors (Lipinski definition) is 1. The highest BCUT2D eigenvalue weighted by Crippen LogP contribution is 2.27. The molecule has 1 heteroatoms. The van der Waals surface area contributed by atoms with Crippen molar-refractivity contribution in [3.05, 3.63) is 70.5 Å². The summed E-state index contributed by atoms with van der Waals surface area (Å²) in [5.74, 6) is 0. The van der Waals surface area contributed by atoms with Gasteiger partial charge in [0, 0.05) is 12.2 Å². The molecule has 19 heavy (non-hydrogen) atoms. The van der Waals surface area contributed by atoms with E-state index in [0.717, 1.165) is 13.0 Å². The molecule has 1 heterocycles. The summed E-state index contributed by atoms with van der Waals surface area (Å²) in [7, 11) is 0. The van der Waals surface area contributed by atoms with Crippen molar-refractivity contribution in [3.63, 3.8) is 0 Å². The Morgan fingerprint density at radius 1 is 1.00 bits per heavy atom. The lowest BCUT2D eigenvalue weighted by atomic mass is 9.92. The molecule has 0 saturated carbocycles. The minimum absolute atomic E-state index is 0.937. The molecule has 0 aromatic rings. The number of hydrogen-bond donors (Lipinski definition) is 1. The van der Waals surface area contributed by atoms with Gasteiger partial charge in [0.2, 0.25) is 0 Å². The van der Waals surface area contributed by atoms with E-state index in [2.05, 4.69) is 54.8 Å². The standard InChI is InChI=1S/C18H21N/c1-14-7-9-16(10-8-14)18-13-17(11-12-19-18)15-5-3-2-4-6-15/h3,5-7,9,11,13,19H,2,4,8,10,12H2,1H3. The van der Waals surface area contributed by atoms with E-state index in [1.54, 1.807) is 0 Å². The Kier molecular flexibility index (Phi) is 3.54. The summed E-state index contributed by atoms with van der Waals surface area (Å²) in [5.41, 5.74) is 6.98. The summed E-state index contributed by atoms with van der Waals surface area (Å²) in [4.78, 5) is 0. The van der Waals surface area contributed by atoms with Gasteiger partial charge in [0.05, 0.1) is 0 Å². The van der Waals surface area contributed by atoms with Crippen LogP contribution in [0.3, 0.4) is 0 Å². The number of nitrogens with one attached hydrogen (secondary N) is 1. The van der Waals surface area contributed by atoms with Crippen LogP contribution in [0.5, 0.6) is 0 Å². The summed E-state index contributed by atoms with van der Waals surface area (Å²) < 4.78 is 0. The molecule has 0 aromatic carbocycles. The Morgan fingerprint density at radius 2 is 1.95 bits per heavy atom. The van der Waals surface area contributed by atoms with E-state index in [9.17, 15) is 0 Å². The number of allylic oxidation sites excluding steroid dienone is 10. The van der Waals surface area contributed by atoms with Gasteiger partial charge in [-0.2, -0.15) is 0 Å². The highest BCUT2D eigenvalue weighted by molar-refractivity contribution is 5.53. The first-order valence-electron chi connectivity index (χ1n) is 7.22. The maximum atomic E-state index is 3.51. The zero-order chi connectivity index (χ0) is 13.1. The number of dihydropyridines is 1. The van der Waals surface area contributed by atoms with Crippen LogP contribution in [0.25, 0.3) is 0 Å². The summed E-state index contributed by atoms with van der Waals surface area (Å²) in [6.07, 6.45) is 20.7. The van der Waals surface area contributed by atoms with Crippen LogP contribution in [-0.4, -0.2) is 6.54 Å². The van der Waals surface area contributed by atoms with Crippen LogP contribution in [-0.2, 0) is 0 Å². The Morgan fingerprint density at radius 3 is 2.68 bits per heavy atom. The highest BCUT2D eigenvalue weighted by Gasteiger charge is 2.13. The molecule has 1 nitrogen and oxygen atoms in total. The molecule has 2 aliphatic carbocycles. The van der Waals surface area contributed by atoms with Crippen LogP contribution in [0.4, 0.5) is 0 Å². The second kappa shape index (κ2) is 5.48. The molecular weight excluding hydrogens is 230 g/mol. The Balaban J connectivity index is 1.84. The van der Waals surface area contributed by atoms with Crippen molar-refractivity contribution in [2.24, 2.45) is 0 Å². The van der Waals surface area contributed by atoms with E-state index in [1.807, 2.05) is 0 Å². The normalized spacial score (nSPS) is 22.7. The lowest BCUT2D eigenvalue weighted by Crippen LogP contribution is -2.20. The monoisotopic (exact) mass is 251 g/mol. The van der Waals surface area contributed by atoms with Gasteiger partial charge in [-0.05, 0) is 55.4 Å². The molecule has 0 atom stereocenters. The predicted octanol–water partition coefficient (Wildman–Crippen LogP) is 4.34. The Labute approximate surface area is 115 Å². The van der Waals surface area contributed by atoms with Gasteiger partial charge in [-0.25, -0.2) is 0 Å². The first-order chi connectivity index (χ1) is 9.33. The molecule has 3 aliphatic rings. The maximum Gasteiger partial charge on any atom is 0.0381 e. The van der Waals surface area contributed by atoms with Crippen LogP contribution >= 0.6 is 0 Å². The van der Waals surface area contributed by atoms with Crippen molar-refractivity contribution in [2.45, 2.75) is 32.6 Å². The second-order valence-corrected chi connectivity index (χ2v) is 5.44. The zero-order valence-corrected chi connectivity index (χ0v) is 11.6. The molecular formula is C18H21N. The van der Waals surface area contributed by atoms with E-state index in [4.69, 9.17) is 0 Å². The van der Waals surface area contributed by atoms with Crippen LogP contribution in [0.2, 0.25) is 0 Å². The minimum Gasteiger partial charge on any atom is -0.381 e. The third kappa shape index (κ3) is 2.81. The van der Waals surface area contributed by atoms with Crippen LogP contribution in [0.15, 0.2) is 70.5 Å². The van der Waals surface area contributed by atoms with Crippen molar-refractivity contribution >= 4 is 0 Å². The average Bonchev–Trinajstić information content (AvgIpc) is 2.49. The molecule has 0 spiro atoms. The van der Waals surface area contributed by atoms with Gasteiger partial charge in [-0.1, -0.05) is 42.0 Å². The molecule has 98 valence electrons. The van der Waals surface area contributed by atoms with E-state index in [0.29, 0.717) is 0 Å². The predicted molar refractivity (Wildman–Crippen MR) is 81.7 cm³/mol. The van der Waals surface area contributed by atoms with Crippen molar-refractivity contribution in [2.75, 3.05) is 6.54 Å². The van der Waals surface area contributed by atoms with Crippen molar-refractivity contribution in [1.29, 1.82) is 0 Å². The minimum atomic E-state index is 0.937. The van der Waals surface area contributed by atoms with Crippen molar-refractivity contribution in [3.8, 4) is 0 Å². The molecule has 3 rings (SSSR count). The molecule has 0 fully saturated rings. The SMILES string of the molecule is CC1=CC=C(C2=CC(C3=CCCC=C3)=CCN2)CC1. The highest BCUT2D eigenvalue weighted by atomic mass is 14.9. The van der Waals surface area contributed by atoms with Gasteiger partial charge in [0.15, 0.2) is 0 Å². The lowest BCUT2D eigenvalue weighted by Gasteiger charge is -2.21. The molecule has 0 unspecified atom stereocenters. The first-order valence-corrected chi connectivity index (χ1v) is 7.22. The fraction of sp³-hybridized carbons (Fsp3) is 0.333. The third-order valence-electron chi connectivity index (χ3n) is 3.95. The fourth-order valence-corrected chi connectivity index (χ4v) is 2.74. The Hall–Kier alpha value is -1.76. The van der Waals surface area contributed by atoms with Gasteiger partial charge < -0.3 is 5.32 Å². The summed E-state index contributed by atoms with van der Waals surface area (Å²) in [6.45, 7) is 3.14. The molecule has 0 bridgehead atoms. The molecule has 0 radical (unpaired) electrons. The maximum absolute atomic E-state index is 3.51. The van der Waals surface area contributed by atoms with Crippen molar-refractivity contribution in [1.82, 2.24) is 5.32 Å². The Bertz CT molecular complexity index is 550.